The molecule has 0 atom stereocenters. The largest absolute Gasteiger partial charge is 0.496 e. The molecule has 0 saturated carbocycles. The Morgan fingerprint density at radius 1 is 1.00 bits per heavy atom. The van der Waals surface area contributed by atoms with Gasteiger partial charge in [0.05, 0.1) is 7.11 Å². The maximum atomic E-state index is 12.1. The Bertz CT molecular complexity index is 768. The van der Waals surface area contributed by atoms with Gasteiger partial charge in [-0.2, -0.15) is 0 Å². The van der Waals surface area contributed by atoms with Crippen LogP contribution in [0.2, 0.25) is 0 Å². The molecular weight excluding hydrogens is 322 g/mol. The van der Waals surface area contributed by atoms with Crippen molar-refractivity contribution in [2.75, 3.05) is 19.0 Å². The first-order valence-corrected chi connectivity index (χ1v) is 7.78. The summed E-state index contributed by atoms with van der Waals surface area (Å²) in [6.45, 7) is 1.38. The number of hydrogen-bond donors (Lipinski definition) is 1. The molecule has 130 valence electrons. The van der Waals surface area contributed by atoms with Gasteiger partial charge in [-0.1, -0.05) is 19.1 Å². The molecule has 0 aliphatic carbocycles. The van der Waals surface area contributed by atoms with E-state index in [-0.39, 0.29) is 23.9 Å². The molecule has 1 N–H and O–H groups in total. The number of ketones is 1. The summed E-state index contributed by atoms with van der Waals surface area (Å²) in [5.41, 5.74) is 1.26. The Morgan fingerprint density at radius 2 is 1.68 bits per heavy atom. The van der Waals surface area contributed by atoms with Crippen LogP contribution in [0.25, 0.3) is 0 Å². The van der Waals surface area contributed by atoms with E-state index in [0.29, 0.717) is 23.4 Å². The van der Waals surface area contributed by atoms with E-state index < -0.39 is 5.97 Å². The number of para-hydroxylation sites is 1. The molecule has 0 saturated heterocycles. The van der Waals surface area contributed by atoms with Gasteiger partial charge >= 0.3 is 5.97 Å². The molecule has 2 rings (SSSR count). The predicted octanol–water partition coefficient (Wildman–Crippen LogP) is 3.08. The Labute approximate surface area is 145 Å². The van der Waals surface area contributed by atoms with Gasteiger partial charge in [-0.05, 0) is 36.4 Å². The average Bonchev–Trinajstić information content (AvgIpc) is 2.66. The van der Waals surface area contributed by atoms with Crippen molar-refractivity contribution < 1.29 is 23.9 Å². The maximum absolute atomic E-state index is 12.1. The van der Waals surface area contributed by atoms with Crippen LogP contribution in [-0.2, 0) is 9.53 Å². The zero-order valence-electron chi connectivity index (χ0n) is 14.1. The summed E-state index contributed by atoms with van der Waals surface area (Å²) in [7, 11) is 1.45. The van der Waals surface area contributed by atoms with E-state index in [9.17, 15) is 14.4 Å². The number of benzene rings is 2. The van der Waals surface area contributed by atoms with Crippen LogP contribution in [0.4, 0.5) is 5.69 Å². The van der Waals surface area contributed by atoms with E-state index >= 15 is 0 Å². The molecule has 0 unspecified atom stereocenters. The Kier molecular flexibility index (Phi) is 6.28. The van der Waals surface area contributed by atoms with Crippen molar-refractivity contribution in [3.63, 3.8) is 0 Å². The fraction of sp³-hybridized carbons (Fsp3) is 0.211. The summed E-state index contributed by atoms with van der Waals surface area (Å²) >= 11 is 0. The lowest BCUT2D eigenvalue weighted by Crippen LogP contribution is -2.15. The number of methoxy groups -OCH3 is 1. The molecule has 0 aliphatic heterocycles. The van der Waals surface area contributed by atoms with Crippen molar-refractivity contribution >= 4 is 23.3 Å². The second kappa shape index (κ2) is 8.63. The monoisotopic (exact) mass is 341 g/mol. The van der Waals surface area contributed by atoms with E-state index in [2.05, 4.69) is 5.32 Å². The van der Waals surface area contributed by atoms with Crippen LogP contribution >= 0.6 is 0 Å². The second-order valence-electron chi connectivity index (χ2n) is 5.18. The molecule has 6 heteroatoms. The van der Waals surface area contributed by atoms with Crippen molar-refractivity contribution in [2.24, 2.45) is 0 Å². The molecular formula is C19H19NO5. The van der Waals surface area contributed by atoms with Crippen molar-refractivity contribution in [1.82, 2.24) is 0 Å². The fourth-order valence-corrected chi connectivity index (χ4v) is 2.09. The second-order valence-corrected chi connectivity index (χ2v) is 5.18. The van der Waals surface area contributed by atoms with Crippen LogP contribution in [-0.4, -0.2) is 31.4 Å². The van der Waals surface area contributed by atoms with Crippen LogP contribution in [0.3, 0.4) is 0 Å². The number of Topliss-reactive ketones (excluding diaryl/α,β-unsaturated/α-hetero) is 1. The maximum Gasteiger partial charge on any atom is 0.342 e. The quantitative estimate of drug-likeness (QED) is 0.618. The van der Waals surface area contributed by atoms with Crippen molar-refractivity contribution in [2.45, 2.75) is 13.3 Å². The first-order chi connectivity index (χ1) is 12.0. The molecule has 6 nitrogen and oxygen atoms in total. The minimum Gasteiger partial charge on any atom is -0.496 e. The van der Waals surface area contributed by atoms with Crippen molar-refractivity contribution in [3.05, 3.63) is 59.7 Å². The number of anilines is 1. The number of nitrogens with one attached hydrogen (secondary N) is 1. The van der Waals surface area contributed by atoms with Crippen LogP contribution in [0.1, 0.15) is 34.1 Å². The minimum absolute atomic E-state index is 0.107. The highest BCUT2D eigenvalue weighted by Crippen LogP contribution is 2.18. The summed E-state index contributed by atoms with van der Waals surface area (Å²) in [4.78, 5) is 35.5. The molecule has 0 fully saturated rings. The van der Waals surface area contributed by atoms with E-state index in [1.54, 1.807) is 55.5 Å². The smallest absolute Gasteiger partial charge is 0.342 e. The molecule has 2 aromatic carbocycles. The van der Waals surface area contributed by atoms with Gasteiger partial charge in [0, 0.05) is 17.7 Å². The third-order valence-corrected chi connectivity index (χ3v) is 3.47. The van der Waals surface area contributed by atoms with Gasteiger partial charge in [0.25, 0.3) is 0 Å². The van der Waals surface area contributed by atoms with Gasteiger partial charge in [-0.3, -0.25) is 9.59 Å². The number of carbonyl (C=O) groups excluding carboxylic acids is 3. The van der Waals surface area contributed by atoms with Crippen LogP contribution in [0.5, 0.6) is 5.75 Å². The molecule has 0 heterocycles. The number of esters is 1. The number of hydrogen-bond acceptors (Lipinski definition) is 5. The predicted molar refractivity (Wildman–Crippen MR) is 93.0 cm³/mol. The number of ether oxygens (including phenoxy) is 2. The lowest BCUT2D eigenvalue weighted by atomic mass is 10.1. The SMILES string of the molecule is CCC(=O)Nc1ccc(C(=O)COC(=O)c2ccccc2OC)cc1. The first-order valence-electron chi connectivity index (χ1n) is 7.78. The summed E-state index contributed by atoms with van der Waals surface area (Å²) < 4.78 is 10.2. The molecule has 0 aromatic heterocycles. The van der Waals surface area contributed by atoms with Crippen LogP contribution in [0, 0.1) is 0 Å². The Hall–Kier alpha value is -3.15. The van der Waals surface area contributed by atoms with Gasteiger partial charge in [-0.25, -0.2) is 4.79 Å². The lowest BCUT2D eigenvalue weighted by molar-refractivity contribution is -0.115. The van der Waals surface area contributed by atoms with E-state index in [1.165, 1.54) is 7.11 Å². The number of amides is 1. The summed E-state index contributed by atoms with van der Waals surface area (Å²) in [6.07, 6.45) is 0.375. The summed E-state index contributed by atoms with van der Waals surface area (Å²) in [6, 6.07) is 13.0. The highest BCUT2D eigenvalue weighted by molar-refractivity contribution is 6.00. The van der Waals surface area contributed by atoms with Gasteiger partial charge in [0.2, 0.25) is 5.91 Å². The van der Waals surface area contributed by atoms with Crippen LogP contribution in [0.15, 0.2) is 48.5 Å². The molecule has 0 bridgehead atoms. The molecule has 2 aromatic rings. The summed E-state index contributed by atoms with van der Waals surface area (Å²) in [5.74, 6) is -0.685. The molecule has 0 radical (unpaired) electrons. The van der Waals surface area contributed by atoms with E-state index in [1.807, 2.05) is 0 Å². The highest BCUT2D eigenvalue weighted by Gasteiger charge is 2.15. The molecule has 0 aliphatic rings. The molecule has 1 amide bonds. The topological polar surface area (TPSA) is 81.7 Å². The van der Waals surface area contributed by atoms with Crippen LogP contribution < -0.4 is 10.1 Å². The zero-order valence-corrected chi connectivity index (χ0v) is 14.1. The van der Waals surface area contributed by atoms with Crippen molar-refractivity contribution in [1.29, 1.82) is 0 Å². The molecule has 25 heavy (non-hydrogen) atoms. The average molecular weight is 341 g/mol. The number of rotatable bonds is 7. The Morgan fingerprint density at radius 3 is 2.32 bits per heavy atom. The standard InChI is InChI=1S/C19H19NO5/c1-3-18(22)20-14-10-8-13(9-11-14)16(21)12-25-19(23)15-6-4-5-7-17(15)24-2/h4-11H,3,12H2,1-2H3,(H,20,22). The number of carbonyl (C=O) groups is 3. The van der Waals surface area contributed by atoms with Gasteiger partial charge in [0.15, 0.2) is 12.4 Å². The zero-order chi connectivity index (χ0) is 18.2. The fourth-order valence-electron chi connectivity index (χ4n) is 2.09. The first kappa shape index (κ1) is 18.2. The third-order valence-electron chi connectivity index (χ3n) is 3.47. The summed E-state index contributed by atoms with van der Waals surface area (Å²) in [5, 5.41) is 2.69. The minimum atomic E-state index is -0.627. The van der Waals surface area contributed by atoms with Gasteiger partial charge in [0.1, 0.15) is 11.3 Å². The van der Waals surface area contributed by atoms with E-state index in [4.69, 9.17) is 9.47 Å². The van der Waals surface area contributed by atoms with Crippen molar-refractivity contribution in [3.8, 4) is 5.75 Å². The highest BCUT2D eigenvalue weighted by atomic mass is 16.5. The van der Waals surface area contributed by atoms with Gasteiger partial charge in [-0.15, -0.1) is 0 Å². The van der Waals surface area contributed by atoms with E-state index in [0.717, 1.165) is 0 Å². The third kappa shape index (κ3) is 4.91. The molecule has 0 spiro atoms. The normalized spacial score (nSPS) is 10.0. The lowest BCUT2D eigenvalue weighted by Gasteiger charge is -2.08. The Balaban J connectivity index is 1.95. The van der Waals surface area contributed by atoms with Gasteiger partial charge < -0.3 is 14.8 Å².